The van der Waals surface area contributed by atoms with Gasteiger partial charge < -0.3 is 15.0 Å². The molecular formula is C23H23N3O. The van der Waals surface area contributed by atoms with Crippen molar-refractivity contribution in [2.45, 2.75) is 13.1 Å². The number of nitrogens with zero attached hydrogens (tertiary/aromatic N) is 2. The molecule has 1 aliphatic rings. The van der Waals surface area contributed by atoms with E-state index in [0.717, 1.165) is 30.4 Å². The minimum absolute atomic E-state index is 0.646. The molecule has 136 valence electrons. The molecule has 0 spiro atoms. The van der Waals surface area contributed by atoms with Crippen molar-refractivity contribution in [2.24, 2.45) is 4.99 Å². The molecule has 0 aromatic heterocycles. The summed E-state index contributed by atoms with van der Waals surface area (Å²) in [4.78, 5) is 7.19. The molecule has 1 aliphatic heterocycles. The van der Waals surface area contributed by atoms with Crippen LogP contribution in [0.5, 0.6) is 5.75 Å². The molecule has 0 fully saturated rings. The number of ether oxygens (including phenoxy) is 1. The third-order valence-electron chi connectivity index (χ3n) is 4.69. The summed E-state index contributed by atoms with van der Waals surface area (Å²) in [6, 6.07) is 27.0. The first-order valence-corrected chi connectivity index (χ1v) is 9.13. The van der Waals surface area contributed by atoms with Gasteiger partial charge in [-0.05, 0) is 35.4 Å². The second-order valence-corrected chi connectivity index (χ2v) is 6.59. The van der Waals surface area contributed by atoms with Gasteiger partial charge in [0, 0.05) is 6.54 Å². The van der Waals surface area contributed by atoms with Gasteiger partial charge in [0.1, 0.15) is 11.6 Å². The van der Waals surface area contributed by atoms with Crippen molar-refractivity contribution in [3.63, 3.8) is 0 Å². The molecule has 3 aromatic carbocycles. The van der Waals surface area contributed by atoms with Crippen molar-refractivity contribution in [3.8, 4) is 5.75 Å². The Bertz CT molecular complexity index is 920. The third-order valence-corrected chi connectivity index (χ3v) is 4.69. The Hall–Kier alpha value is -3.27. The number of benzene rings is 3. The molecule has 1 N–H and O–H groups in total. The summed E-state index contributed by atoms with van der Waals surface area (Å²) in [7, 11) is 1.68. The number of hydrogen-bond donors (Lipinski definition) is 1. The Morgan fingerprint density at radius 2 is 1.63 bits per heavy atom. The van der Waals surface area contributed by atoms with Crippen molar-refractivity contribution in [1.29, 1.82) is 0 Å². The molecular weight excluding hydrogens is 334 g/mol. The Labute approximate surface area is 160 Å². The van der Waals surface area contributed by atoms with E-state index in [-0.39, 0.29) is 0 Å². The molecule has 0 saturated carbocycles. The Morgan fingerprint density at radius 3 is 2.41 bits per heavy atom. The fraction of sp³-hybridized carbons (Fsp3) is 0.174. The monoisotopic (exact) mass is 357 g/mol. The maximum Gasteiger partial charge on any atom is 0.121 e. The molecule has 4 nitrogen and oxygen atoms in total. The first-order valence-electron chi connectivity index (χ1n) is 9.13. The molecule has 0 radical (unpaired) electrons. The van der Waals surface area contributed by atoms with Crippen molar-refractivity contribution in [3.05, 3.63) is 90.0 Å². The lowest BCUT2D eigenvalue weighted by Crippen LogP contribution is -2.38. The molecule has 27 heavy (non-hydrogen) atoms. The molecule has 0 bridgehead atoms. The fourth-order valence-electron chi connectivity index (χ4n) is 3.27. The second-order valence-electron chi connectivity index (χ2n) is 6.59. The van der Waals surface area contributed by atoms with E-state index in [1.54, 1.807) is 7.11 Å². The Balaban J connectivity index is 1.54. The van der Waals surface area contributed by atoms with Crippen molar-refractivity contribution >= 4 is 17.2 Å². The topological polar surface area (TPSA) is 36.9 Å². The van der Waals surface area contributed by atoms with E-state index in [1.165, 1.54) is 16.8 Å². The van der Waals surface area contributed by atoms with Crippen molar-refractivity contribution in [1.82, 2.24) is 0 Å². The maximum absolute atomic E-state index is 5.22. The summed E-state index contributed by atoms with van der Waals surface area (Å²) >= 11 is 0. The quantitative estimate of drug-likeness (QED) is 0.717. The van der Waals surface area contributed by atoms with Crippen LogP contribution >= 0.6 is 0 Å². The molecule has 3 aromatic rings. The summed E-state index contributed by atoms with van der Waals surface area (Å²) in [5.41, 5.74) is 4.78. The molecule has 0 aliphatic carbocycles. The highest BCUT2D eigenvalue weighted by molar-refractivity contribution is 6.04. The van der Waals surface area contributed by atoms with Crippen LogP contribution in [0.4, 0.5) is 11.4 Å². The van der Waals surface area contributed by atoms with Crippen LogP contribution < -0.4 is 15.0 Å². The summed E-state index contributed by atoms with van der Waals surface area (Å²) in [5, 5.41) is 3.49. The van der Waals surface area contributed by atoms with E-state index in [4.69, 9.17) is 9.73 Å². The van der Waals surface area contributed by atoms with Gasteiger partial charge in [0.15, 0.2) is 0 Å². The molecule has 4 rings (SSSR count). The number of anilines is 2. The van der Waals surface area contributed by atoms with E-state index < -0.39 is 0 Å². The number of para-hydroxylation sites is 2. The minimum atomic E-state index is 0.646. The zero-order valence-corrected chi connectivity index (χ0v) is 15.4. The summed E-state index contributed by atoms with van der Waals surface area (Å²) in [6.07, 6.45) is 0. The lowest BCUT2D eigenvalue weighted by molar-refractivity contribution is 0.414. The maximum atomic E-state index is 5.22. The first-order chi connectivity index (χ1) is 13.3. The number of aliphatic imine (C=N–C) groups is 1. The summed E-state index contributed by atoms with van der Waals surface area (Å²) < 4.78 is 5.22. The average Bonchev–Trinajstić information content (AvgIpc) is 2.73. The SMILES string of the molecule is COc1ccc(CN=C2CN(Cc3ccccc3)c3ccccc3N2)cc1. The predicted molar refractivity (Wildman–Crippen MR) is 112 cm³/mol. The molecule has 4 heteroatoms. The van der Waals surface area contributed by atoms with Crippen LogP contribution in [0.1, 0.15) is 11.1 Å². The minimum Gasteiger partial charge on any atom is -0.497 e. The first kappa shape index (κ1) is 17.2. The van der Waals surface area contributed by atoms with Gasteiger partial charge in [0.25, 0.3) is 0 Å². The van der Waals surface area contributed by atoms with E-state index >= 15 is 0 Å². The highest BCUT2D eigenvalue weighted by Gasteiger charge is 2.20. The van der Waals surface area contributed by atoms with Crippen molar-refractivity contribution in [2.75, 3.05) is 23.9 Å². The number of nitrogens with one attached hydrogen (secondary N) is 1. The van der Waals surface area contributed by atoms with Crippen LogP contribution in [-0.4, -0.2) is 19.5 Å². The average molecular weight is 357 g/mol. The highest BCUT2D eigenvalue weighted by Crippen LogP contribution is 2.30. The lowest BCUT2D eigenvalue weighted by Gasteiger charge is -2.33. The summed E-state index contributed by atoms with van der Waals surface area (Å²) in [5.74, 6) is 1.85. The van der Waals surface area contributed by atoms with Gasteiger partial charge in [-0.3, -0.25) is 4.99 Å². The Kier molecular flexibility index (Phi) is 5.06. The fourth-order valence-corrected chi connectivity index (χ4v) is 3.27. The molecule has 0 saturated heterocycles. The van der Waals surface area contributed by atoms with Crippen LogP contribution in [0.2, 0.25) is 0 Å². The predicted octanol–water partition coefficient (Wildman–Crippen LogP) is 4.73. The second kappa shape index (κ2) is 7.96. The molecule has 0 unspecified atom stereocenters. The van der Waals surface area contributed by atoms with Crippen LogP contribution in [0.15, 0.2) is 83.9 Å². The van der Waals surface area contributed by atoms with Gasteiger partial charge in [0.2, 0.25) is 0 Å². The van der Waals surface area contributed by atoms with Gasteiger partial charge in [-0.25, -0.2) is 0 Å². The molecule has 0 atom stereocenters. The number of amidine groups is 1. The van der Waals surface area contributed by atoms with Crippen molar-refractivity contribution < 1.29 is 4.74 Å². The van der Waals surface area contributed by atoms with E-state index in [0.29, 0.717) is 6.54 Å². The zero-order chi connectivity index (χ0) is 18.5. The van der Waals surface area contributed by atoms with Gasteiger partial charge in [0.05, 0.1) is 31.6 Å². The lowest BCUT2D eigenvalue weighted by atomic mass is 10.1. The summed E-state index contributed by atoms with van der Waals surface area (Å²) in [6.45, 7) is 2.27. The number of fused-ring (bicyclic) bond motifs is 1. The van der Waals surface area contributed by atoms with Crippen LogP contribution in [0, 0.1) is 0 Å². The highest BCUT2D eigenvalue weighted by atomic mass is 16.5. The van der Waals surface area contributed by atoms with Gasteiger partial charge in [-0.2, -0.15) is 0 Å². The number of methoxy groups -OCH3 is 1. The van der Waals surface area contributed by atoms with Gasteiger partial charge in [-0.1, -0.05) is 54.6 Å². The molecule has 0 amide bonds. The smallest absolute Gasteiger partial charge is 0.121 e. The zero-order valence-electron chi connectivity index (χ0n) is 15.4. The van der Waals surface area contributed by atoms with Crippen LogP contribution in [0.3, 0.4) is 0 Å². The van der Waals surface area contributed by atoms with Crippen LogP contribution in [0.25, 0.3) is 0 Å². The van der Waals surface area contributed by atoms with E-state index in [9.17, 15) is 0 Å². The number of rotatable bonds is 5. The molecule has 1 heterocycles. The third kappa shape index (κ3) is 4.11. The van der Waals surface area contributed by atoms with E-state index in [1.807, 2.05) is 12.1 Å². The standard InChI is InChI=1S/C23H23N3O/c1-27-20-13-11-18(12-14-20)15-24-23-17-26(16-19-7-3-2-4-8-19)22-10-6-5-9-21(22)25-23/h2-14H,15-17H2,1H3,(H,24,25). The van der Waals surface area contributed by atoms with E-state index in [2.05, 4.69) is 76.9 Å². The van der Waals surface area contributed by atoms with Crippen LogP contribution in [-0.2, 0) is 13.1 Å². The number of hydrogen-bond acceptors (Lipinski definition) is 3. The largest absolute Gasteiger partial charge is 0.497 e. The van der Waals surface area contributed by atoms with Gasteiger partial charge >= 0.3 is 0 Å². The van der Waals surface area contributed by atoms with Gasteiger partial charge in [-0.15, -0.1) is 0 Å². The normalized spacial score (nSPS) is 14.6. The Morgan fingerprint density at radius 1 is 0.889 bits per heavy atom.